The van der Waals surface area contributed by atoms with Crippen molar-refractivity contribution in [1.29, 1.82) is 0 Å². The molecule has 0 aromatic rings. The number of allylic oxidation sites excluding steroid dienone is 2. The maximum Gasteiger partial charge on any atom is 0.148 e. The van der Waals surface area contributed by atoms with E-state index in [4.69, 9.17) is 0 Å². The van der Waals surface area contributed by atoms with Gasteiger partial charge in [-0.05, 0) is 12.8 Å². The lowest BCUT2D eigenvalue weighted by atomic mass is 10.5. The van der Waals surface area contributed by atoms with Gasteiger partial charge < -0.3 is 0 Å². The summed E-state index contributed by atoms with van der Waals surface area (Å²) in [4.78, 5) is 0. The fourth-order valence-electron chi connectivity index (χ4n) is 1.06. The first-order valence-electron chi connectivity index (χ1n) is 4.87. The number of rotatable bonds is 6. The minimum absolute atomic E-state index is 1.08. The van der Waals surface area contributed by atoms with Crippen molar-refractivity contribution in [3.05, 3.63) is 48.1 Å². The number of hydrogen-bond acceptors (Lipinski definition) is 0. The minimum Gasteiger partial charge on any atom is -0.106 e. The highest BCUT2D eigenvalue weighted by molar-refractivity contribution is 6.97. The van der Waals surface area contributed by atoms with E-state index in [9.17, 15) is 0 Å². The van der Waals surface area contributed by atoms with Crippen molar-refractivity contribution in [2.75, 3.05) is 0 Å². The highest BCUT2D eigenvalue weighted by Crippen LogP contribution is 2.11. The average molecular weight is 192 g/mol. The Bertz CT molecular complexity index is 187. The van der Waals surface area contributed by atoms with Gasteiger partial charge >= 0.3 is 0 Å². The average Bonchev–Trinajstić information content (AvgIpc) is 2.20. The van der Waals surface area contributed by atoms with Crippen molar-refractivity contribution in [2.24, 2.45) is 0 Å². The van der Waals surface area contributed by atoms with Gasteiger partial charge in [0.25, 0.3) is 0 Å². The summed E-state index contributed by atoms with van der Waals surface area (Å²) < 4.78 is 0. The summed E-state index contributed by atoms with van der Waals surface area (Å²) in [7, 11) is -1.62. The van der Waals surface area contributed by atoms with Crippen molar-refractivity contribution in [2.45, 2.75) is 26.7 Å². The second-order valence-electron chi connectivity index (χ2n) is 3.03. The predicted molar refractivity (Wildman–Crippen MR) is 65.0 cm³/mol. The van der Waals surface area contributed by atoms with Gasteiger partial charge in [-0.25, -0.2) is 0 Å². The fraction of sp³-hybridized carbons (Fsp3) is 0.333. The molecule has 0 aliphatic heterocycles. The first-order chi connectivity index (χ1) is 6.24. The van der Waals surface area contributed by atoms with E-state index >= 15 is 0 Å². The Balaban J connectivity index is 4.68. The SMILES string of the molecule is C=C[Si](C=C)(/C=C/CC)/C=C/CC. The number of hydrogen-bond donors (Lipinski definition) is 0. The molecule has 0 atom stereocenters. The van der Waals surface area contributed by atoms with Gasteiger partial charge in [0.15, 0.2) is 0 Å². The van der Waals surface area contributed by atoms with Crippen LogP contribution in [0.5, 0.6) is 0 Å². The highest BCUT2D eigenvalue weighted by atomic mass is 28.3. The van der Waals surface area contributed by atoms with E-state index in [0.29, 0.717) is 0 Å². The standard InChI is InChI=1S/C12H20Si/c1-5-9-11-13(7-3,8-4)12-10-6-2/h7-12H,3-6H2,1-2H3/b11-9+,12-10+. The Morgan fingerprint density at radius 3 is 1.54 bits per heavy atom. The minimum atomic E-state index is -1.62. The van der Waals surface area contributed by atoms with Crippen LogP contribution < -0.4 is 0 Å². The summed E-state index contributed by atoms with van der Waals surface area (Å²) in [6, 6.07) is 0. The van der Waals surface area contributed by atoms with Crippen LogP contribution in [0.4, 0.5) is 0 Å². The second-order valence-corrected chi connectivity index (χ2v) is 6.51. The van der Waals surface area contributed by atoms with Crippen LogP contribution >= 0.6 is 0 Å². The van der Waals surface area contributed by atoms with Gasteiger partial charge in [0.05, 0.1) is 0 Å². The Morgan fingerprint density at radius 1 is 0.923 bits per heavy atom. The molecule has 0 aromatic carbocycles. The van der Waals surface area contributed by atoms with Crippen molar-refractivity contribution in [1.82, 2.24) is 0 Å². The van der Waals surface area contributed by atoms with Gasteiger partial charge in [0.1, 0.15) is 8.07 Å². The maximum atomic E-state index is 3.90. The molecular weight excluding hydrogens is 172 g/mol. The van der Waals surface area contributed by atoms with Crippen LogP contribution in [0.3, 0.4) is 0 Å². The molecule has 0 saturated carbocycles. The van der Waals surface area contributed by atoms with Gasteiger partial charge in [0, 0.05) is 0 Å². The maximum absolute atomic E-state index is 3.90. The lowest BCUT2D eigenvalue weighted by molar-refractivity contribution is 1.22. The molecule has 0 radical (unpaired) electrons. The van der Waals surface area contributed by atoms with Gasteiger partial charge in [-0.2, -0.15) is 0 Å². The van der Waals surface area contributed by atoms with Crippen LogP contribution in [-0.4, -0.2) is 8.07 Å². The van der Waals surface area contributed by atoms with Crippen molar-refractivity contribution < 1.29 is 0 Å². The smallest absolute Gasteiger partial charge is 0.106 e. The molecule has 13 heavy (non-hydrogen) atoms. The second kappa shape index (κ2) is 6.67. The largest absolute Gasteiger partial charge is 0.148 e. The van der Waals surface area contributed by atoms with Crippen molar-refractivity contribution in [3.63, 3.8) is 0 Å². The van der Waals surface area contributed by atoms with Crippen LogP contribution in [0.15, 0.2) is 48.1 Å². The molecule has 72 valence electrons. The quantitative estimate of drug-likeness (QED) is 0.560. The van der Waals surface area contributed by atoms with Gasteiger partial charge in [-0.15, -0.1) is 13.2 Å². The molecule has 0 saturated heterocycles. The molecule has 0 heterocycles. The van der Waals surface area contributed by atoms with Gasteiger partial charge in [-0.3, -0.25) is 0 Å². The van der Waals surface area contributed by atoms with E-state index in [1.807, 2.05) is 0 Å². The summed E-state index contributed by atoms with van der Waals surface area (Å²) in [5.41, 5.74) is 8.66. The third-order valence-electron chi connectivity index (χ3n) is 1.99. The zero-order chi connectivity index (χ0) is 10.2. The normalized spacial score (nSPS) is 12.5. The van der Waals surface area contributed by atoms with E-state index < -0.39 is 8.07 Å². The van der Waals surface area contributed by atoms with Gasteiger partial charge in [0.2, 0.25) is 0 Å². The Kier molecular flexibility index (Phi) is 6.24. The Hall–Kier alpha value is -0.823. The first kappa shape index (κ1) is 12.2. The predicted octanol–water partition coefficient (Wildman–Crippen LogP) is 3.90. The van der Waals surface area contributed by atoms with Crippen LogP contribution in [-0.2, 0) is 0 Å². The van der Waals surface area contributed by atoms with E-state index in [0.717, 1.165) is 12.8 Å². The summed E-state index contributed by atoms with van der Waals surface area (Å²) >= 11 is 0. The molecule has 0 amide bonds. The molecule has 0 unspecified atom stereocenters. The van der Waals surface area contributed by atoms with E-state index in [2.05, 4.69) is 62.0 Å². The summed E-state index contributed by atoms with van der Waals surface area (Å²) in [5, 5.41) is 0. The molecule has 0 aromatic heterocycles. The van der Waals surface area contributed by atoms with Crippen molar-refractivity contribution in [3.8, 4) is 0 Å². The molecular formula is C12H20Si. The molecule has 0 aliphatic carbocycles. The van der Waals surface area contributed by atoms with Crippen LogP contribution in [0, 0.1) is 0 Å². The monoisotopic (exact) mass is 192 g/mol. The summed E-state index contributed by atoms with van der Waals surface area (Å²) in [5.74, 6) is 0. The zero-order valence-electron chi connectivity index (χ0n) is 8.79. The topological polar surface area (TPSA) is 0 Å². The van der Waals surface area contributed by atoms with Crippen LogP contribution in [0.1, 0.15) is 26.7 Å². The molecule has 0 bridgehead atoms. The lowest BCUT2D eigenvalue weighted by Crippen LogP contribution is -2.24. The van der Waals surface area contributed by atoms with Crippen LogP contribution in [0.2, 0.25) is 0 Å². The first-order valence-corrected chi connectivity index (χ1v) is 7.18. The van der Waals surface area contributed by atoms with E-state index in [1.165, 1.54) is 0 Å². The lowest BCUT2D eigenvalue weighted by Gasteiger charge is -2.14. The van der Waals surface area contributed by atoms with Crippen molar-refractivity contribution >= 4 is 8.07 Å². The molecule has 1 heteroatoms. The molecule has 0 N–H and O–H groups in total. The Labute approximate surface area is 83.4 Å². The highest BCUT2D eigenvalue weighted by Gasteiger charge is 2.16. The van der Waals surface area contributed by atoms with Gasteiger partial charge in [-0.1, -0.05) is 48.8 Å². The fourth-order valence-corrected chi connectivity index (χ4v) is 3.17. The molecule has 0 rings (SSSR count). The third-order valence-corrected chi connectivity index (χ3v) is 5.03. The van der Waals surface area contributed by atoms with E-state index in [1.54, 1.807) is 0 Å². The third kappa shape index (κ3) is 4.09. The zero-order valence-corrected chi connectivity index (χ0v) is 9.79. The summed E-state index contributed by atoms with van der Waals surface area (Å²) in [6.07, 6.45) is 6.57. The molecule has 0 nitrogen and oxygen atoms in total. The Morgan fingerprint density at radius 2 is 1.31 bits per heavy atom. The molecule has 0 fully saturated rings. The summed E-state index contributed by atoms with van der Waals surface area (Å²) in [6.45, 7) is 12.1. The molecule has 0 aliphatic rings. The van der Waals surface area contributed by atoms with Crippen LogP contribution in [0.25, 0.3) is 0 Å². The molecule has 0 spiro atoms. The van der Waals surface area contributed by atoms with E-state index in [-0.39, 0.29) is 0 Å².